The zero-order chi connectivity index (χ0) is 30.2. The molecule has 0 unspecified atom stereocenters. The van der Waals surface area contributed by atoms with E-state index in [1.165, 1.54) is 6.07 Å². The summed E-state index contributed by atoms with van der Waals surface area (Å²) in [5.41, 5.74) is 3.91. The van der Waals surface area contributed by atoms with Crippen molar-refractivity contribution in [2.24, 2.45) is 5.10 Å². The lowest BCUT2D eigenvalue weighted by Gasteiger charge is -2.23. The normalized spacial score (nSPS) is 12.0. The summed E-state index contributed by atoms with van der Waals surface area (Å²) in [6.45, 7) is 10.6. The Morgan fingerprint density at radius 2 is 1.80 bits per heavy atom. The van der Waals surface area contributed by atoms with Crippen molar-refractivity contribution in [3.05, 3.63) is 85.6 Å². The Kier molecular flexibility index (Phi) is 11.5. The summed E-state index contributed by atoms with van der Waals surface area (Å²) in [6, 6.07) is 10.6. The summed E-state index contributed by atoms with van der Waals surface area (Å²) in [5.74, 6) is -0.972. The van der Waals surface area contributed by atoms with Crippen molar-refractivity contribution in [3.63, 3.8) is 0 Å². The monoisotopic (exact) mass is 607 g/mol. The molecule has 0 aliphatic rings. The highest BCUT2D eigenvalue weighted by molar-refractivity contribution is 7.13. The Bertz CT molecular complexity index is 1390. The predicted octanol–water partition coefficient (Wildman–Crippen LogP) is 6.52. The van der Waals surface area contributed by atoms with Crippen LogP contribution in [0.25, 0.3) is 0 Å². The van der Waals surface area contributed by atoms with Gasteiger partial charge in [0.25, 0.3) is 11.8 Å². The maximum atomic E-state index is 13.1. The first-order valence-electron chi connectivity index (χ1n) is 13.0. The van der Waals surface area contributed by atoms with Gasteiger partial charge in [0.05, 0.1) is 22.5 Å². The van der Waals surface area contributed by atoms with E-state index in [0.29, 0.717) is 23.4 Å². The molecule has 0 bridgehead atoms. The summed E-state index contributed by atoms with van der Waals surface area (Å²) < 4.78 is 39.3. The maximum absolute atomic E-state index is 13.1. The van der Waals surface area contributed by atoms with Crippen LogP contribution in [0.15, 0.2) is 52.9 Å². The number of likely N-dealkylation sites (N-methyl/N-ethyl adjacent to an activating group) is 2. The smallest absolute Gasteiger partial charge is 0.320 e. The minimum Gasteiger partial charge on any atom is -0.320 e. The molecular weight excluding hydrogens is 575 g/mol. The second-order valence-corrected chi connectivity index (χ2v) is 10.8. The minimum absolute atomic E-state index is 0.108. The number of anilines is 1. The second-order valence-electron chi connectivity index (χ2n) is 9.48. The largest absolute Gasteiger partial charge is 0.417 e. The van der Waals surface area contributed by atoms with Gasteiger partial charge in [-0.3, -0.25) is 9.59 Å². The molecule has 0 aliphatic heterocycles. The number of aryl methyl sites for hydroxylation is 1. The number of hydrogen-bond donors (Lipinski definition) is 2. The molecule has 0 aliphatic carbocycles. The van der Waals surface area contributed by atoms with Gasteiger partial charge in [0.15, 0.2) is 0 Å². The summed E-state index contributed by atoms with van der Waals surface area (Å²) in [5, 5.41) is 7.91. The molecule has 1 aromatic heterocycles. The zero-order valence-corrected chi connectivity index (χ0v) is 24.9. The van der Waals surface area contributed by atoms with Gasteiger partial charge < -0.3 is 15.1 Å². The van der Waals surface area contributed by atoms with Crippen LogP contribution in [0.5, 0.6) is 0 Å². The minimum atomic E-state index is -4.62. The quantitative estimate of drug-likeness (QED) is 0.182. The summed E-state index contributed by atoms with van der Waals surface area (Å²) >= 11 is 6.76. The van der Waals surface area contributed by atoms with E-state index in [9.17, 15) is 22.8 Å². The molecule has 0 saturated heterocycles. The Balaban J connectivity index is 1.66. The molecule has 220 valence electrons. The van der Waals surface area contributed by atoms with Gasteiger partial charge in [0, 0.05) is 25.2 Å². The van der Waals surface area contributed by atoms with Crippen molar-refractivity contribution in [3.8, 4) is 0 Å². The van der Waals surface area contributed by atoms with E-state index in [2.05, 4.69) is 39.5 Å². The third kappa shape index (κ3) is 9.12. The highest BCUT2D eigenvalue weighted by Gasteiger charge is 2.33. The van der Waals surface area contributed by atoms with Crippen LogP contribution >= 0.6 is 22.9 Å². The van der Waals surface area contributed by atoms with Gasteiger partial charge in [0.2, 0.25) is 0 Å². The van der Waals surface area contributed by atoms with Crippen LogP contribution in [0.2, 0.25) is 5.02 Å². The first-order valence-corrected chi connectivity index (χ1v) is 14.3. The van der Waals surface area contributed by atoms with Crippen molar-refractivity contribution in [1.82, 2.24) is 15.2 Å². The van der Waals surface area contributed by atoms with Crippen LogP contribution in [-0.2, 0) is 12.7 Å². The average Bonchev–Trinajstić information content (AvgIpc) is 3.29. The van der Waals surface area contributed by atoms with Crippen molar-refractivity contribution in [2.75, 3.05) is 38.5 Å². The van der Waals surface area contributed by atoms with E-state index in [0.717, 1.165) is 61.4 Å². The van der Waals surface area contributed by atoms with E-state index < -0.39 is 22.7 Å². The maximum Gasteiger partial charge on any atom is 0.417 e. The number of alkyl halides is 3. The van der Waals surface area contributed by atoms with E-state index in [1.54, 1.807) is 18.4 Å². The third-order valence-corrected chi connectivity index (χ3v) is 7.86. The lowest BCUT2D eigenvalue weighted by molar-refractivity contribution is -0.137. The Hall–Kier alpha value is -3.25. The summed E-state index contributed by atoms with van der Waals surface area (Å²) in [4.78, 5) is 30.7. The molecule has 3 rings (SSSR count). The molecule has 0 saturated carbocycles. The second kappa shape index (κ2) is 14.6. The SMILES string of the molecule is CCN(CC)CCN(C)Cc1cccc(C(=O)Nc2c(C)csc2C(=O)NN=Cc2ccc(Cl)c(C(F)(F)F)c2)c1. The molecule has 2 N–H and O–H groups in total. The van der Waals surface area contributed by atoms with Crippen molar-refractivity contribution in [1.29, 1.82) is 0 Å². The fraction of sp³-hybridized carbons (Fsp3) is 0.345. The standard InChI is InChI=1S/C29H33ClF3N5O2S/c1-5-38(6-2)13-12-37(4)17-21-8-7-9-22(14-21)27(39)35-25-19(3)18-41-26(25)28(40)36-34-16-20-10-11-24(30)23(15-20)29(31,32)33/h7-11,14-16,18H,5-6,12-13,17H2,1-4H3,(H,35,39)(H,36,40). The van der Waals surface area contributed by atoms with Crippen LogP contribution in [0.1, 0.15) is 56.1 Å². The van der Waals surface area contributed by atoms with E-state index >= 15 is 0 Å². The van der Waals surface area contributed by atoms with Gasteiger partial charge >= 0.3 is 6.18 Å². The van der Waals surface area contributed by atoms with Gasteiger partial charge in [-0.15, -0.1) is 11.3 Å². The highest BCUT2D eigenvalue weighted by atomic mass is 35.5. The number of hydrogen-bond acceptors (Lipinski definition) is 6. The molecule has 2 amide bonds. The number of rotatable bonds is 12. The van der Waals surface area contributed by atoms with Crippen LogP contribution in [0, 0.1) is 6.92 Å². The first-order chi connectivity index (χ1) is 19.4. The number of thiophene rings is 1. The van der Waals surface area contributed by atoms with Gasteiger partial charge in [-0.05, 0) is 73.4 Å². The molecule has 3 aromatic rings. The average molecular weight is 608 g/mol. The van der Waals surface area contributed by atoms with Crippen LogP contribution in [0.3, 0.4) is 0 Å². The van der Waals surface area contributed by atoms with Crippen molar-refractivity contribution < 1.29 is 22.8 Å². The van der Waals surface area contributed by atoms with Gasteiger partial charge in [-0.25, -0.2) is 5.43 Å². The Labute approximate surface area is 247 Å². The predicted molar refractivity (Wildman–Crippen MR) is 159 cm³/mol. The van der Waals surface area contributed by atoms with E-state index in [-0.39, 0.29) is 16.3 Å². The summed E-state index contributed by atoms with van der Waals surface area (Å²) in [7, 11) is 2.04. The highest BCUT2D eigenvalue weighted by Crippen LogP contribution is 2.35. The molecule has 0 radical (unpaired) electrons. The van der Waals surface area contributed by atoms with Crippen molar-refractivity contribution >= 4 is 46.7 Å². The Morgan fingerprint density at radius 1 is 1.07 bits per heavy atom. The molecule has 41 heavy (non-hydrogen) atoms. The van der Waals surface area contributed by atoms with Crippen LogP contribution in [0.4, 0.5) is 18.9 Å². The first kappa shape index (κ1) is 32.3. The molecule has 0 fully saturated rings. The van der Waals surface area contributed by atoms with Gasteiger partial charge in [0.1, 0.15) is 4.88 Å². The lowest BCUT2D eigenvalue weighted by atomic mass is 10.1. The fourth-order valence-electron chi connectivity index (χ4n) is 4.06. The molecule has 0 atom stereocenters. The number of nitrogens with one attached hydrogen (secondary N) is 2. The topological polar surface area (TPSA) is 77.0 Å². The number of carbonyl (C=O) groups is 2. The van der Waals surface area contributed by atoms with Crippen molar-refractivity contribution in [2.45, 2.75) is 33.5 Å². The number of hydrazone groups is 1. The molecule has 0 spiro atoms. The van der Waals surface area contributed by atoms with Crippen LogP contribution < -0.4 is 10.7 Å². The van der Waals surface area contributed by atoms with E-state index in [1.807, 2.05) is 25.2 Å². The third-order valence-electron chi connectivity index (χ3n) is 6.43. The zero-order valence-electron chi connectivity index (χ0n) is 23.3. The number of carbonyl (C=O) groups excluding carboxylic acids is 2. The summed E-state index contributed by atoms with van der Waals surface area (Å²) in [6.07, 6.45) is -3.53. The molecular formula is C29H33ClF3N5O2S. The lowest BCUT2D eigenvalue weighted by Crippen LogP contribution is -2.32. The van der Waals surface area contributed by atoms with E-state index in [4.69, 9.17) is 11.6 Å². The number of amides is 2. The van der Waals surface area contributed by atoms with Crippen LogP contribution in [-0.4, -0.2) is 61.1 Å². The number of halogens is 4. The molecule has 7 nitrogen and oxygen atoms in total. The fourth-order valence-corrected chi connectivity index (χ4v) is 5.18. The number of benzene rings is 2. The molecule has 2 aromatic carbocycles. The number of nitrogens with zero attached hydrogens (tertiary/aromatic N) is 3. The Morgan fingerprint density at radius 3 is 2.49 bits per heavy atom. The van der Waals surface area contributed by atoms with Gasteiger partial charge in [-0.2, -0.15) is 18.3 Å². The molecule has 12 heteroatoms. The van der Waals surface area contributed by atoms with Gasteiger partial charge in [-0.1, -0.05) is 43.6 Å². The molecule has 1 heterocycles.